The molecule has 0 aliphatic carbocycles. The van der Waals surface area contributed by atoms with Gasteiger partial charge in [0.1, 0.15) is 0 Å². The van der Waals surface area contributed by atoms with Crippen LogP contribution in [0.1, 0.15) is 23.6 Å². The molecule has 3 rings (SSSR count). The Balaban J connectivity index is 1.77. The summed E-state index contributed by atoms with van der Waals surface area (Å²) in [6.45, 7) is 6.29. The van der Waals surface area contributed by atoms with Gasteiger partial charge in [0.25, 0.3) is 0 Å². The summed E-state index contributed by atoms with van der Waals surface area (Å²) in [4.78, 5) is 4.48. The first-order valence-electron chi connectivity index (χ1n) is 8.04. The molecule has 2 N–H and O–H groups in total. The van der Waals surface area contributed by atoms with Gasteiger partial charge in [-0.05, 0) is 55.2 Å². The monoisotopic (exact) mass is 319 g/mol. The molecule has 3 aromatic rings. The Kier molecular flexibility index (Phi) is 4.70. The van der Waals surface area contributed by atoms with Gasteiger partial charge in [0.05, 0.1) is 6.20 Å². The SMILES string of the molecule is CCc1ccc(Nc2cnnc(Nc3cccc(C)c3C)n2)cc1. The third kappa shape index (κ3) is 3.68. The number of nitrogens with one attached hydrogen (secondary N) is 2. The molecule has 0 amide bonds. The zero-order valence-electron chi connectivity index (χ0n) is 14.2. The fourth-order valence-electron chi connectivity index (χ4n) is 2.40. The van der Waals surface area contributed by atoms with Crippen LogP contribution < -0.4 is 10.6 Å². The lowest BCUT2D eigenvalue weighted by molar-refractivity contribution is 0.981. The van der Waals surface area contributed by atoms with Crippen molar-refractivity contribution in [1.82, 2.24) is 15.2 Å². The normalized spacial score (nSPS) is 10.5. The number of aryl methyl sites for hydroxylation is 2. The van der Waals surface area contributed by atoms with E-state index in [9.17, 15) is 0 Å². The van der Waals surface area contributed by atoms with E-state index < -0.39 is 0 Å². The van der Waals surface area contributed by atoms with Gasteiger partial charge in [0, 0.05) is 11.4 Å². The Morgan fingerprint density at radius 3 is 2.50 bits per heavy atom. The van der Waals surface area contributed by atoms with Crippen LogP contribution in [0.5, 0.6) is 0 Å². The number of hydrogen-bond donors (Lipinski definition) is 2. The molecule has 5 heteroatoms. The lowest BCUT2D eigenvalue weighted by Gasteiger charge is -2.11. The van der Waals surface area contributed by atoms with Crippen LogP contribution in [0.3, 0.4) is 0 Å². The summed E-state index contributed by atoms with van der Waals surface area (Å²) in [6.07, 6.45) is 2.64. The molecule has 1 heterocycles. The standard InChI is InChI=1S/C19H21N5/c1-4-15-8-10-16(11-9-15)21-18-12-20-24-19(23-18)22-17-7-5-6-13(2)14(17)3/h5-12H,4H2,1-3H3,(H2,21,22,23,24). The van der Waals surface area contributed by atoms with Crippen LogP contribution in [0.2, 0.25) is 0 Å². The van der Waals surface area contributed by atoms with Crippen molar-refractivity contribution in [3.63, 3.8) is 0 Å². The minimum atomic E-state index is 0.471. The molecule has 24 heavy (non-hydrogen) atoms. The third-order valence-electron chi connectivity index (χ3n) is 4.04. The highest BCUT2D eigenvalue weighted by molar-refractivity contribution is 5.62. The van der Waals surface area contributed by atoms with Crippen molar-refractivity contribution in [1.29, 1.82) is 0 Å². The molecule has 0 fully saturated rings. The van der Waals surface area contributed by atoms with Gasteiger partial charge in [0.2, 0.25) is 5.95 Å². The van der Waals surface area contributed by atoms with Gasteiger partial charge in [-0.3, -0.25) is 0 Å². The fourth-order valence-corrected chi connectivity index (χ4v) is 2.40. The summed E-state index contributed by atoms with van der Waals surface area (Å²) < 4.78 is 0. The largest absolute Gasteiger partial charge is 0.339 e. The Labute approximate surface area is 142 Å². The van der Waals surface area contributed by atoms with E-state index in [1.807, 2.05) is 24.3 Å². The average molecular weight is 319 g/mol. The van der Waals surface area contributed by atoms with E-state index in [1.54, 1.807) is 6.20 Å². The third-order valence-corrected chi connectivity index (χ3v) is 4.04. The van der Waals surface area contributed by atoms with Gasteiger partial charge >= 0.3 is 0 Å². The second-order valence-electron chi connectivity index (χ2n) is 5.71. The van der Waals surface area contributed by atoms with Gasteiger partial charge in [0.15, 0.2) is 5.82 Å². The highest BCUT2D eigenvalue weighted by Gasteiger charge is 2.05. The van der Waals surface area contributed by atoms with Crippen LogP contribution in [0.25, 0.3) is 0 Å². The highest BCUT2D eigenvalue weighted by atomic mass is 15.3. The van der Waals surface area contributed by atoms with Crippen LogP contribution in [-0.4, -0.2) is 15.2 Å². The predicted octanol–water partition coefficient (Wildman–Crippen LogP) is 4.54. The number of aromatic nitrogens is 3. The van der Waals surface area contributed by atoms with Crippen molar-refractivity contribution in [2.24, 2.45) is 0 Å². The molecule has 0 aliphatic rings. The number of anilines is 4. The van der Waals surface area contributed by atoms with E-state index in [4.69, 9.17) is 0 Å². The molecule has 0 unspecified atom stereocenters. The molecular weight excluding hydrogens is 298 g/mol. The Bertz CT molecular complexity index is 827. The molecule has 1 aromatic heterocycles. The summed E-state index contributed by atoms with van der Waals surface area (Å²) in [5.74, 6) is 1.13. The van der Waals surface area contributed by atoms with E-state index in [0.29, 0.717) is 11.8 Å². The molecular formula is C19H21N5. The molecule has 0 spiro atoms. The maximum atomic E-state index is 4.48. The highest BCUT2D eigenvalue weighted by Crippen LogP contribution is 2.22. The van der Waals surface area contributed by atoms with Crippen LogP contribution in [0.15, 0.2) is 48.7 Å². The van der Waals surface area contributed by atoms with Gasteiger partial charge in [-0.15, -0.1) is 5.10 Å². The number of hydrogen-bond acceptors (Lipinski definition) is 5. The minimum absolute atomic E-state index is 0.471. The molecule has 5 nitrogen and oxygen atoms in total. The minimum Gasteiger partial charge on any atom is -0.339 e. The summed E-state index contributed by atoms with van der Waals surface area (Å²) in [5, 5.41) is 14.6. The van der Waals surface area contributed by atoms with E-state index in [1.165, 1.54) is 16.7 Å². The van der Waals surface area contributed by atoms with Gasteiger partial charge in [-0.1, -0.05) is 31.2 Å². The summed E-state index contributed by atoms with van der Waals surface area (Å²) >= 11 is 0. The quantitative estimate of drug-likeness (QED) is 0.723. The second kappa shape index (κ2) is 7.08. The first-order chi connectivity index (χ1) is 11.7. The van der Waals surface area contributed by atoms with Crippen molar-refractivity contribution in [3.05, 3.63) is 65.4 Å². The van der Waals surface area contributed by atoms with Crippen molar-refractivity contribution in [3.8, 4) is 0 Å². The van der Waals surface area contributed by atoms with Gasteiger partial charge in [-0.2, -0.15) is 10.1 Å². The van der Waals surface area contributed by atoms with Crippen molar-refractivity contribution < 1.29 is 0 Å². The molecule has 0 saturated carbocycles. The molecule has 0 bridgehead atoms. The summed E-state index contributed by atoms with van der Waals surface area (Å²) in [7, 11) is 0. The lowest BCUT2D eigenvalue weighted by Crippen LogP contribution is -2.03. The van der Waals surface area contributed by atoms with E-state index >= 15 is 0 Å². The maximum Gasteiger partial charge on any atom is 0.249 e. The van der Waals surface area contributed by atoms with Gasteiger partial charge < -0.3 is 10.6 Å². The van der Waals surface area contributed by atoms with E-state index in [-0.39, 0.29) is 0 Å². The summed E-state index contributed by atoms with van der Waals surface area (Å²) in [5.41, 5.74) is 5.66. The Morgan fingerprint density at radius 1 is 0.958 bits per heavy atom. The number of benzene rings is 2. The molecule has 122 valence electrons. The predicted molar refractivity (Wildman–Crippen MR) is 98.1 cm³/mol. The second-order valence-corrected chi connectivity index (χ2v) is 5.71. The van der Waals surface area contributed by atoms with E-state index in [0.717, 1.165) is 17.8 Å². The summed E-state index contributed by atoms with van der Waals surface area (Å²) in [6, 6.07) is 14.4. The maximum absolute atomic E-state index is 4.48. The molecule has 0 radical (unpaired) electrons. The van der Waals surface area contributed by atoms with Crippen molar-refractivity contribution in [2.75, 3.05) is 10.6 Å². The Morgan fingerprint density at radius 2 is 1.75 bits per heavy atom. The van der Waals surface area contributed by atoms with Crippen LogP contribution in [0.4, 0.5) is 23.1 Å². The van der Waals surface area contributed by atoms with Crippen LogP contribution in [0, 0.1) is 13.8 Å². The van der Waals surface area contributed by atoms with E-state index in [2.05, 4.69) is 64.8 Å². The average Bonchev–Trinajstić information content (AvgIpc) is 2.60. The number of nitrogens with zero attached hydrogens (tertiary/aromatic N) is 3. The topological polar surface area (TPSA) is 62.7 Å². The first-order valence-corrected chi connectivity index (χ1v) is 8.04. The van der Waals surface area contributed by atoms with Crippen LogP contribution >= 0.6 is 0 Å². The zero-order chi connectivity index (χ0) is 16.9. The fraction of sp³-hybridized carbons (Fsp3) is 0.211. The Hall–Kier alpha value is -2.95. The number of rotatable bonds is 5. The van der Waals surface area contributed by atoms with Crippen molar-refractivity contribution in [2.45, 2.75) is 27.2 Å². The molecule has 0 aliphatic heterocycles. The molecule has 2 aromatic carbocycles. The first kappa shape index (κ1) is 15.9. The molecule has 0 atom stereocenters. The zero-order valence-corrected chi connectivity index (χ0v) is 14.2. The smallest absolute Gasteiger partial charge is 0.249 e. The van der Waals surface area contributed by atoms with Crippen LogP contribution in [-0.2, 0) is 6.42 Å². The lowest BCUT2D eigenvalue weighted by atomic mass is 10.1. The molecule has 0 saturated heterocycles. The van der Waals surface area contributed by atoms with Crippen molar-refractivity contribution >= 4 is 23.1 Å². The van der Waals surface area contributed by atoms with Gasteiger partial charge in [-0.25, -0.2) is 0 Å².